The Morgan fingerprint density at radius 3 is 2.12 bits per heavy atom. The van der Waals surface area contributed by atoms with Crippen LogP contribution >= 0.6 is 0 Å². The molecule has 2 aromatic carbocycles. The molecule has 2 N–H and O–H groups in total. The molecule has 0 aromatic heterocycles. The molecule has 0 fully saturated rings. The van der Waals surface area contributed by atoms with E-state index in [0.717, 1.165) is 11.3 Å². The number of carbonyl (C=O) groups is 2. The average molecular weight is 354 g/mol. The summed E-state index contributed by atoms with van der Waals surface area (Å²) in [6.07, 6.45) is 0.300. The lowest BCUT2D eigenvalue weighted by Crippen LogP contribution is -2.35. The largest absolute Gasteiger partial charge is 0.497 e. The average Bonchev–Trinajstić information content (AvgIpc) is 2.65. The highest BCUT2D eigenvalue weighted by Crippen LogP contribution is 2.14. The van der Waals surface area contributed by atoms with Crippen LogP contribution in [0.1, 0.15) is 41.3 Å². The number of carbonyl (C=O) groups excluding carboxylic acids is 2. The van der Waals surface area contributed by atoms with Crippen molar-refractivity contribution in [2.24, 2.45) is 0 Å². The summed E-state index contributed by atoms with van der Waals surface area (Å²) in [7, 11) is 1.61. The SMILES string of the molecule is COc1ccc(CC(=O)NCCNC(=O)c2ccc(C(C)C)cc2)cc1. The molecule has 0 aliphatic rings. The fourth-order valence-corrected chi connectivity index (χ4v) is 2.49. The van der Waals surface area contributed by atoms with Gasteiger partial charge in [0.2, 0.25) is 5.91 Å². The van der Waals surface area contributed by atoms with E-state index >= 15 is 0 Å². The Hall–Kier alpha value is -2.82. The second-order valence-electron chi connectivity index (χ2n) is 6.41. The van der Waals surface area contributed by atoms with E-state index in [1.807, 2.05) is 48.5 Å². The minimum Gasteiger partial charge on any atom is -0.497 e. The van der Waals surface area contributed by atoms with Crippen molar-refractivity contribution in [3.63, 3.8) is 0 Å². The van der Waals surface area contributed by atoms with Gasteiger partial charge in [-0.1, -0.05) is 38.1 Å². The molecule has 0 saturated carbocycles. The number of methoxy groups -OCH3 is 1. The highest BCUT2D eigenvalue weighted by Gasteiger charge is 2.07. The van der Waals surface area contributed by atoms with Gasteiger partial charge in [0.05, 0.1) is 13.5 Å². The third kappa shape index (κ3) is 5.92. The maximum absolute atomic E-state index is 12.1. The summed E-state index contributed by atoms with van der Waals surface area (Å²) in [6, 6.07) is 15.0. The minimum atomic E-state index is -0.135. The molecule has 5 nitrogen and oxygen atoms in total. The van der Waals surface area contributed by atoms with Crippen LogP contribution in [0.3, 0.4) is 0 Å². The van der Waals surface area contributed by atoms with Gasteiger partial charge in [0.1, 0.15) is 5.75 Å². The first-order valence-corrected chi connectivity index (χ1v) is 8.77. The normalized spacial score (nSPS) is 10.5. The first-order valence-electron chi connectivity index (χ1n) is 8.77. The monoisotopic (exact) mass is 354 g/mol. The van der Waals surface area contributed by atoms with Crippen LogP contribution in [0.15, 0.2) is 48.5 Å². The lowest BCUT2D eigenvalue weighted by molar-refractivity contribution is -0.120. The number of amides is 2. The van der Waals surface area contributed by atoms with Gasteiger partial charge in [0.15, 0.2) is 0 Å². The second kappa shape index (κ2) is 9.61. The molecule has 5 heteroatoms. The molecule has 2 rings (SSSR count). The first-order chi connectivity index (χ1) is 12.5. The van der Waals surface area contributed by atoms with Crippen LogP contribution in [-0.2, 0) is 11.2 Å². The molecule has 0 atom stereocenters. The van der Waals surface area contributed by atoms with Crippen molar-refractivity contribution in [1.82, 2.24) is 10.6 Å². The zero-order chi connectivity index (χ0) is 18.9. The number of hydrogen-bond donors (Lipinski definition) is 2. The molecule has 0 aliphatic carbocycles. The van der Waals surface area contributed by atoms with Gasteiger partial charge in [0, 0.05) is 18.7 Å². The summed E-state index contributed by atoms with van der Waals surface area (Å²) in [4.78, 5) is 24.0. The fraction of sp³-hybridized carbons (Fsp3) is 0.333. The number of ether oxygens (including phenoxy) is 1. The first kappa shape index (κ1) is 19.5. The van der Waals surface area contributed by atoms with Crippen molar-refractivity contribution >= 4 is 11.8 Å². The number of benzene rings is 2. The zero-order valence-electron chi connectivity index (χ0n) is 15.5. The van der Waals surface area contributed by atoms with E-state index in [1.54, 1.807) is 7.11 Å². The highest BCUT2D eigenvalue weighted by atomic mass is 16.5. The van der Waals surface area contributed by atoms with Crippen LogP contribution in [0.25, 0.3) is 0 Å². The molecule has 26 heavy (non-hydrogen) atoms. The molecule has 0 spiro atoms. The summed E-state index contributed by atoms with van der Waals surface area (Å²) >= 11 is 0. The second-order valence-corrected chi connectivity index (χ2v) is 6.41. The van der Waals surface area contributed by atoms with Crippen LogP contribution in [-0.4, -0.2) is 32.0 Å². The molecule has 2 amide bonds. The lowest BCUT2D eigenvalue weighted by atomic mass is 10.0. The van der Waals surface area contributed by atoms with Gasteiger partial charge >= 0.3 is 0 Å². The Labute approximate surface area is 154 Å². The third-order valence-electron chi connectivity index (χ3n) is 4.10. The van der Waals surface area contributed by atoms with Crippen molar-refractivity contribution < 1.29 is 14.3 Å². The van der Waals surface area contributed by atoms with Gasteiger partial charge in [-0.3, -0.25) is 9.59 Å². The van der Waals surface area contributed by atoms with Gasteiger partial charge in [-0.25, -0.2) is 0 Å². The van der Waals surface area contributed by atoms with Gasteiger partial charge in [0.25, 0.3) is 5.91 Å². The smallest absolute Gasteiger partial charge is 0.251 e. The van der Waals surface area contributed by atoms with Crippen LogP contribution in [0.4, 0.5) is 0 Å². The van der Waals surface area contributed by atoms with E-state index in [0.29, 0.717) is 31.0 Å². The Bertz CT molecular complexity index is 722. The number of rotatable bonds is 8. The fourth-order valence-electron chi connectivity index (χ4n) is 2.49. The molecular formula is C21H26N2O3. The van der Waals surface area contributed by atoms with Gasteiger partial charge < -0.3 is 15.4 Å². The van der Waals surface area contributed by atoms with Crippen LogP contribution < -0.4 is 15.4 Å². The Balaban J connectivity index is 1.70. The minimum absolute atomic E-state index is 0.0781. The van der Waals surface area contributed by atoms with Crippen LogP contribution in [0.5, 0.6) is 5.75 Å². The Morgan fingerprint density at radius 2 is 1.54 bits per heavy atom. The standard InChI is InChI=1S/C21H26N2O3/c1-15(2)17-6-8-18(9-7-17)21(25)23-13-12-22-20(24)14-16-4-10-19(26-3)11-5-16/h4-11,15H,12-14H2,1-3H3,(H,22,24)(H,23,25). The van der Waals surface area contributed by atoms with E-state index in [-0.39, 0.29) is 11.8 Å². The van der Waals surface area contributed by atoms with Crippen LogP contribution in [0.2, 0.25) is 0 Å². The van der Waals surface area contributed by atoms with E-state index < -0.39 is 0 Å². The summed E-state index contributed by atoms with van der Waals surface area (Å²) in [5, 5.41) is 5.62. The molecule has 0 radical (unpaired) electrons. The Kier molecular flexibility index (Phi) is 7.21. The Morgan fingerprint density at radius 1 is 0.923 bits per heavy atom. The van der Waals surface area contributed by atoms with E-state index in [1.165, 1.54) is 5.56 Å². The maximum atomic E-state index is 12.1. The molecular weight excluding hydrogens is 328 g/mol. The van der Waals surface area contributed by atoms with E-state index in [4.69, 9.17) is 4.74 Å². The molecule has 0 saturated heterocycles. The van der Waals surface area contributed by atoms with Gasteiger partial charge in [-0.2, -0.15) is 0 Å². The molecule has 0 unspecified atom stereocenters. The number of nitrogens with one attached hydrogen (secondary N) is 2. The molecule has 138 valence electrons. The third-order valence-corrected chi connectivity index (χ3v) is 4.10. The lowest BCUT2D eigenvalue weighted by Gasteiger charge is -2.09. The molecule has 0 bridgehead atoms. The predicted molar refractivity (Wildman–Crippen MR) is 103 cm³/mol. The molecule has 0 heterocycles. The quantitative estimate of drug-likeness (QED) is 0.716. The highest BCUT2D eigenvalue weighted by molar-refractivity contribution is 5.94. The van der Waals surface area contributed by atoms with Gasteiger partial charge in [-0.05, 0) is 41.3 Å². The van der Waals surface area contributed by atoms with E-state index in [2.05, 4.69) is 24.5 Å². The zero-order valence-corrected chi connectivity index (χ0v) is 15.5. The van der Waals surface area contributed by atoms with Crippen molar-refractivity contribution in [2.75, 3.05) is 20.2 Å². The van der Waals surface area contributed by atoms with Gasteiger partial charge in [-0.15, -0.1) is 0 Å². The predicted octanol–water partition coefficient (Wildman–Crippen LogP) is 2.91. The summed E-state index contributed by atoms with van der Waals surface area (Å²) in [6.45, 7) is 5.01. The summed E-state index contributed by atoms with van der Waals surface area (Å²) in [5.74, 6) is 0.988. The van der Waals surface area contributed by atoms with Crippen molar-refractivity contribution in [1.29, 1.82) is 0 Å². The maximum Gasteiger partial charge on any atom is 0.251 e. The van der Waals surface area contributed by atoms with Crippen molar-refractivity contribution in [3.8, 4) is 5.75 Å². The number of hydrogen-bond acceptors (Lipinski definition) is 3. The molecule has 2 aromatic rings. The van der Waals surface area contributed by atoms with Crippen LogP contribution in [0, 0.1) is 0 Å². The van der Waals surface area contributed by atoms with Crippen molar-refractivity contribution in [2.45, 2.75) is 26.2 Å². The van der Waals surface area contributed by atoms with Crippen molar-refractivity contribution in [3.05, 3.63) is 65.2 Å². The molecule has 0 aliphatic heterocycles. The summed E-state index contributed by atoms with van der Waals surface area (Å²) < 4.78 is 5.09. The summed E-state index contributed by atoms with van der Waals surface area (Å²) in [5.41, 5.74) is 2.74. The topological polar surface area (TPSA) is 67.4 Å². The van der Waals surface area contributed by atoms with E-state index in [9.17, 15) is 9.59 Å².